The Morgan fingerprint density at radius 3 is 2.36 bits per heavy atom. The second kappa shape index (κ2) is 6.28. The molecule has 0 saturated heterocycles. The Labute approximate surface area is 73.4 Å². The fraction of sp³-hybridized carbons (Fsp3) is 1.00. The lowest BCUT2D eigenvalue weighted by molar-refractivity contribution is -0.715. The molecule has 0 aliphatic heterocycles. The van der Waals surface area contributed by atoms with Crippen molar-refractivity contribution in [1.82, 2.24) is 0 Å². The van der Waals surface area contributed by atoms with E-state index < -0.39 is 0 Å². The number of halogens is 1. The zero-order valence-corrected chi connectivity index (χ0v) is 7.97. The molecule has 0 spiro atoms. The lowest BCUT2D eigenvalue weighted by atomic mass is 10.1. The van der Waals surface area contributed by atoms with Crippen molar-refractivity contribution in [1.29, 1.82) is 0 Å². The third-order valence-electron chi connectivity index (χ3n) is 1.05. The SMILES string of the molecule is CC(C)(C)[NH2+]CCN=[N+]=[N-].[Cl-]. The van der Waals surface area contributed by atoms with E-state index in [1.165, 1.54) is 0 Å². The van der Waals surface area contributed by atoms with Gasteiger partial charge in [-0.3, -0.25) is 0 Å². The van der Waals surface area contributed by atoms with E-state index in [1.54, 1.807) is 0 Å². The molecule has 0 rings (SSSR count). The fourth-order valence-electron chi connectivity index (χ4n) is 0.600. The topological polar surface area (TPSA) is 65.4 Å². The molecule has 0 bridgehead atoms. The van der Waals surface area contributed by atoms with Gasteiger partial charge in [0.15, 0.2) is 0 Å². The summed E-state index contributed by atoms with van der Waals surface area (Å²) in [5, 5.41) is 5.58. The molecule has 11 heavy (non-hydrogen) atoms. The summed E-state index contributed by atoms with van der Waals surface area (Å²) in [7, 11) is 0. The molecule has 0 heterocycles. The van der Waals surface area contributed by atoms with E-state index >= 15 is 0 Å². The standard InChI is InChI=1S/C6H14N4.ClH/c1-6(2,3)8-4-5-9-10-7;/h8H,4-5H2,1-3H3;1H. The zero-order chi connectivity index (χ0) is 8.04. The summed E-state index contributed by atoms with van der Waals surface area (Å²) in [4.78, 5) is 2.66. The lowest BCUT2D eigenvalue weighted by Gasteiger charge is -2.15. The molecule has 0 aliphatic rings. The summed E-state index contributed by atoms with van der Waals surface area (Å²) < 4.78 is 0. The van der Waals surface area contributed by atoms with Gasteiger partial charge in [0.2, 0.25) is 0 Å². The van der Waals surface area contributed by atoms with Crippen molar-refractivity contribution in [2.45, 2.75) is 26.3 Å². The normalized spacial score (nSPS) is 9.73. The molecule has 5 heteroatoms. The van der Waals surface area contributed by atoms with Gasteiger partial charge in [-0.25, -0.2) is 0 Å². The Balaban J connectivity index is 0. The Bertz CT molecular complexity index is 134. The maximum absolute atomic E-state index is 7.94. The monoisotopic (exact) mass is 178 g/mol. The van der Waals surface area contributed by atoms with Crippen molar-refractivity contribution in [3.05, 3.63) is 10.4 Å². The molecule has 0 aromatic heterocycles. The highest BCUT2D eigenvalue weighted by Gasteiger charge is 2.10. The molecule has 0 amide bonds. The van der Waals surface area contributed by atoms with Gasteiger partial charge in [0.05, 0.1) is 18.6 Å². The van der Waals surface area contributed by atoms with E-state index in [0.717, 1.165) is 6.54 Å². The number of quaternary nitrogens is 1. The van der Waals surface area contributed by atoms with Crippen LogP contribution in [0.15, 0.2) is 5.11 Å². The van der Waals surface area contributed by atoms with Crippen LogP contribution in [0.4, 0.5) is 0 Å². The first-order valence-electron chi connectivity index (χ1n) is 3.41. The Morgan fingerprint density at radius 2 is 2.00 bits per heavy atom. The largest absolute Gasteiger partial charge is 1.00 e. The molecule has 0 atom stereocenters. The van der Waals surface area contributed by atoms with Crippen LogP contribution in [0.5, 0.6) is 0 Å². The van der Waals surface area contributed by atoms with Gasteiger partial charge in [-0.05, 0) is 26.3 Å². The van der Waals surface area contributed by atoms with Crippen LogP contribution in [-0.2, 0) is 0 Å². The number of hydrogen-bond donors (Lipinski definition) is 1. The smallest absolute Gasteiger partial charge is 0.0876 e. The maximum atomic E-state index is 7.94. The van der Waals surface area contributed by atoms with Crippen molar-refractivity contribution in [2.24, 2.45) is 5.11 Å². The second-order valence-corrected chi connectivity index (χ2v) is 3.31. The summed E-state index contributed by atoms with van der Waals surface area (Å²) in [6.45, 7) is 7.83. The van der Waals surface area contributed by atoms with E-state index in [2.05, 4.69) is 36.1 Å². The third kappa shape index (κ3) is 12.7. The van der Waals surface area contributed by atoms with Crippen molar-refractivity contribution >= 4 is 0 Å². The highest BCUT2D eigenvalue weighted by atomic mass is 35.5. The van der Waals surface area contributed by atoms with Crippen molar-refractivity contribution in [3.8, 4) is 0 Å². The van der Waals surface area contributed by atoms with Gasteiger partial charge < -0.3 is 17.7 Å². The summed E-state index contributed by atoms with van der Waals surface area (Å²) >= 11 is 0. The molecule has 0 unspecified atom stereocenters. The number of azide groups is 1. The van der Waals surface area contributed by atoms with Crippen LogP contribution in [0.1, 0.15) is 20.8 Å². The number of hydrogen-bond acceptors (Lipinski definition) is 1. The Morgan fingerprint density at radius 1 is 1.45 bits per heavy atom. The van der Waals surface area contributed by atoms with Gasteiger partial charge in [0.25, 0.3) is 0 Å². The number of nitrogens with two attached hydrogens (primary N) is 1. The van der Waals surface area contributed by atoms with Crippen LogP contribution in [0, 0.1) is 0 Å². The first-order chi connectivity index (χ1) is 4.56. The zero-order valence-electron chi connectivity index (χ0n) is 7.21. The predicted octanol–water partition coefficient (Wildman–Crippen LogP) is -2.34. The predicted molar refractivity (Wildman–Crippen MR) is 40.6 cm³/mol. The van der Waals surface area contributed by atoms with Gasteiger partial charge >= 0.3 is 0 Å². The molecular weight excluding hydrogens is 164 g/mol. The summed E-state index contributed by atoms with van der Waals surface area (Å²) in [6, 6.07) is 0. The van der Waals surface area contributed by atoms with Crippen LogP contribution < -0.4 is 17.7 Å². The van der Waals surface area contributed by atoms with E-state index in [-0.39, 0.29) is 17.9 Å². The average Bonchev–Trinajstić information content (AvgIpc) is 1.78. The lowest BCUT2D eigenvalue weighted by Crippen LogP contribution is -3.00. The van der Waals surface area contributed by atoms with E-state index in [4.69, 9.17) is 5.53 Å². The molecule has 4 nitrogen and oxygen atoms in total. The minimum absolute atomic E-state index is 0. The Kier molecular flexibility index (Phi) is 7.52. The molecular formula is C6H15ClN4. The van der Waals surface area contributed by atoms with Gasteiger partial charge in [-0.2, -0.15) is 0 Å². The molecule has 0 radical (unpaired) electrons. The van der Waals surface area contributed by atoms with Crippen LogP contribution >= 0.6 is 0 Å². The van der Waals surface area contributed by atoms with E-state index in [9.17, 15) is 0 Å². The minimum atomic E-state index is 0. The number of rotatable bonds is 3. The summed E-state index contributed by atoms with van der Waals surface area (Å²) in [5.74, 6) is 0. The molecule has 0 aromatic carbocycles. The Hall–Kier alpha value is -0.440. The van der Waals surface area contributed by atoms with Crippen LogP contribution in [0.25, 0.3) is 10.4 Å². The molecule has 66 valence electrons. The minimum Gasteiger partial charge on any atom is -1.00 e. The molecule has 0 fully saturated rings. The van der Waals surface area contributed by atoms with Crippen molar-refractivity contribution < 1.29 is 17.7 Å². The molecule has 2 N–H and O–H groups in total. The van der Waals surface area contributed by atoms with Crippen molar-refractivity contribution in [3.63, 3.8) is 0 Å². The first kappa shape index (κ1) is 13.2. The van der Waals surface area contributed by atoms with E-state index in [0.29, 0.717) is 6.54 Å². The fourth-order valence-corrected chi connectivity index (χ4v) is 0.600. The van der Waals surface area contributed by atoms with Gasteiger partial charge in [0, 0.05) is 4.91 Å². The molecule has 0 saturated carbocycles. The van der Waals surface area contributed by atoms with Gasteiger partial charge in [0.1, 0.15) is 0 Å². The quantitative estimate of drug-likeness (QED) is 0.218. The van der Waals surface area contributed by atoms with Crippen LogP contribution in [0.2, 0.25) is 0 Å². The molecule has 0 aliphatic carbocycles. The second-order valence-electron chi connectivity index (χ2n) is 3.31. The molecule has 0 aromatic rings. The summed E-state index contributed by atoms with van der Waals surface area (Å²) in [5.41, 5.74) is 8.18. The third-order valence-corrected chi connectivity index (χ3v) is 1.05. The van der Waals surface area contributed by atoms with Gasteiger partial charge in [-0.15, -0.1) is 0 Å². The average molecular weight is 179 g/mol. The highest BCUT2D eigenvalue weighted by Crippen LogP contribution is 1.87. The van der Waals surface area contributed by atoms with E-state index in [1.807, 2.05) is 0 Å². The van der Waals surface area contributed by atoms with Crippen molar-refractivity contribution in [2.75, 3.05) is 13.1 Å². The first-order valence-corrected chi connectivity index (χ1v) is 3.41. The number of nitrogens with zero attached hydrogens (tertiary/aromatic N) is 3. The summed E-state index contributed by atoms with van der Waals surface area (Å²) in [6.07, 6.45) is 0. The maximum Gasteiger partial charge on any atom is 0.0876 e. The highest BCUT2D eigenvalue weighted by molar-refractivity contribution is 4.53. The van der Waals surface area contributed by atoms with Gasteiger partial charge in [-0.1, -0.05) is 5.11 Å². The van der Waals surface area contributed by atoms with Crippen LogP contribution in [-0.4, -0.2) is 18.6 Å². The van der Waals surface area contributed by atoms with Crippen LogP contribution in [0.3, 0.4) is 0 Å².